The SMILES string of the molecule is COc1ccc2c(c1)c(CC(C)N)c1n2CCC1.O=C(O)/C=C/C(=O)O. The van der Waals surface area contributed by atoms with Gasteiger partial charge in [-0.25, -0.2) is 9.59 Å². The standard InChI is InChI=1S/C15H20N2O.C4H4O4/c1-10(16)8-12-13-9-11(18-2)5-6-15(13)17-7-3-4-14(12)17;5-3(6)1-2-4(7)8/h5-6,9-10H,3-4,7-8,16H2,1-2H3;1-2H,(H,5,6)(H,7,8)/b;2-1+. The molecule has 1 aliphatic heterocycles. The normalized spacial score (nSPS) is 14.0. The number of nitrogens with zero attached hydrogens (tertiary/aromatic N) is 1. The summed E-state index contributed by atoms with van der Waals surface area (Å²) in [6.07, 6.45) is 4.50. The van der Waals surface area contributed by atoms with Crippen molar-refractivity contribution in [3.63, 3.8) is 0 Å². The van der Waals surface area contributed by atoms with Crippen LogP contribution in [-0.2, 0) is 29.0 Å². The van der Waals surface area contributed by atoms with E-state index in [9.17, 15) is 9.59 Å². The molecule has 0 aliphatic carbocycles. The summed E-state index contributed by atoms with van der Waals surface area (Å²) in [5.41, 5.74) is 10.2. The number of rotatable bonds is 5. The van der Waals surface area contributed by atoms with E-state index in [0.29, 0.717) is 12.2 Å². The van der Waals surface area contributed by atoms with E-state index >= 15 is 0 Å². The zero-order valence-corrected chi connectivity index (χ0v) is 14.9. The maximum absolute atomic E-state index is 9.55. The first-order chi connectivity index (χ1) is 12.3. The highest BCUT2D eigenvalue weighted by Crippen LogP contribution is 2.34. The van der Waals surface area contributed by atoms with Crippen LogP contribution in [-0.4, -0.2) is 39.9 Å². The molecule has 1 aromatic carbocycles. The van der Waals surface area contributed by atoms with Gasteiger partial charge in [-0.2, -0.15) is 0 Å². The lowest BCUT2D eigenvalue weighted by Crippen LogP contribution is -2.18. The average molecular weight is 360 g/mol. The third-order valence-corrected chi connectivity index (χ3v) is 4.18. The number of fused-ring (bicyclic) bond motifs is 3. The molecule has 26 heavy (non-hydrogen) atoms. The molecule has 1 aromatic heterocycles. The number of carboxylic acids is 2. The lowest BCUT2D eigenvalue weighted by atomic mass is 10.0. The zero-order chi connectivity index (χ0) is 19.3. The molecular formula is C19H24N2O5. The molecule has 0 radical (unpaired) electrons. The van der Waals surface area contributed by atoms with E-state index in [1.807, 2.05) is 6.07 Å². The molecule has 2 heterocycles. The fraction of sp³-hybridized carbons (Fsp3) is 0.368. The maximum atomic E-state index is 9.55. The van der Waals surface area contributed by atoms with Gasteiger partial charge in [-0.1, -0.05) is 0 Å². The van der Waals surface area contributed by atoms with Crippen LogP contribution in [0, 0.1) is 0 Å². The van der Waals surface area contributed by atoms with Gasteiger partial charge in [0, 0.05) is 41.3 Å². The molecule has 2 aromatic rings. The van der Waals surface area contributed by atoms with Crippen LogP contribution in [0.15, 0.2) is 30.4 Å². The van der Waals surface area contributed by atoms with Crippen molar-refractivity contribution in [2.75, 3.05) is 7.11 Å². The Morgan fingerprint density at radius 3 is 2.50 bits per heavy atom. The second-order valence-electron chi connectivity index (χ2n) is 6.25. The fourth-order valence-electron chi connectivity index (χ4n) is 3.22. The lowest BCUT2D eigenvalue weighted by Gasteiger charge is -2.07. The van der Waals surface area contributed by atoms with Crippen LogP contribution in [0.2, 0.25) is 0 Å². The summed E-state index contributed by atoms with van der Waals surface area (Å²) < 4.78 is 7.79. The van der Waals surface area contributed by atoms with Crippen LogP contribution in [0.25, 0.3) is 10.9 Å². The number of aryl methyl sites for hydroxylation is 1. The molecule has 0 amide bonds. The third-order valence-electron chi connectivity index (χ3n) is 4.18. The molecule has 4 N–H and O–H groups in total. The van der Waals surface area contributed by atoms with Gasteiger partial charge in [-0.15, -0.1) is 0 Å². The average Bonchev–Trinajstić information content (AvgIpc) is 3.16. The van der Waals surface area contributed by atoms with Crippen molar-refractivity contribution >= 4 is 22.8 Å². The van der Waals surface area contributed by atoms with Crippen LogP contribution in [0.1, 0.15) is 24.6 Å². The number of carboxylic acid groups (broad SMARTS) is 2. The van der Waals surface area contributed by atoms with Crippen molar-refractivity contribution in [3.8, 4) is 5.75 Å². The minimum Gasteiger partial charge on any atom is -0.497 e. The number of aromatic nitrogens is 1. The topological polar surface area (TPSA) is 115 Å². The highest BCUT2D eigenvalue weighted by atomic mass is 16.5. The molecule has 1 aliphatic rings. The molecule has 0 bridgehead atoms. The molecule has 0 saturated carbocycles. The van der Waals surface area contributed by atoms with E-state index in [1.54, 1.807) is 7.11 Å². The van der Waals surface area contributed by atoms with Crippen molar-refractivity contribution < 1.29 is 24.5 Å². The highest BCUT2D eigenvalue weighted by molar-refractivity contribution is 5.89. The summed E-state index contributed by atoms with van der Waals surface area (Å²) in [7, 11) is 1.72. The van der Waals surface area contributed by atoms with E-state index in [4.69, 9.17) is 20.7 Å². The number of carbonyl (C=O) groups is 2. The molecule has 0 spiro atoms. The second kappa shape index (κ2) is 8.53. The van der Waals surface area contributed by atoms with Gasteiger partial charge in [0.25, 0.3) is 0 Å². The summed E-state index contributed by atoms with van der Waals surface area (Å²) in [6.45, 7) is 3.21. The molecular weight excluding hydrogens is 336 g/mol. The monoisotopic (exact) mass is 360 g/mol. The highest BCUT2D eigenvalue weighted by Gasteiger charge is 2.21. The van der Waals surface area contributed by atoms with E-state index < -0.39 is 11.9 Å². The van der Waals surface area contributed by atoms with Crippen LogP contribution < -0.4 is 10.5 Å². The molecule has 1 unspecified atom stereocenters. The van der Waals surface area contributed by atoms with Crippen LogP contribution in [0.3, 0.4) is 0 Å². The number of hydrogen-bond acceptors (Lipinski definition) is 4. The van der Waals surface area contributed by atoms with E-state index in [0.717, 1.165) is 18.7 Å². The third kappa shape index (κ3) is 4.64. The lowest BCUT2D eigenvalue weighted by molar-refractivity contribution is -0.134. The Hall–Kier alpha value is -2.80. The smallest absolute Gasteiger partial charge is 0.328 e. The van der Waals surface area contributed by atoms with Crippen molar-refractivity contribution in [2.45, 2.75) is 38.8 Å². The first kappa shape index (κ1) is 19.5. The predicted octanol–water partition coefficient (Wildman–Crippen LogP) is 2.20. The summed E-state index contributed by atoms with van der Waals surface area (Å²) in [4.78, 5) is 19.1. The van der Waals surface area contributed by atoms with Gasteiger partial charge in [0.05, 0.1) is 7.11 Å². The van der Waals surface area contributed by atoms with Crippen LogP contribution in [0.4, 0.5) is 0 Å². The molecule has 140 valence electrons. The zero-order valence-electron chi connectivity index (χ0n) is 14.9. The number of methoxy groups -OCH3 is 1. The number of benzene rings is 1. The summed E-state index contributed by atoms with van der Waals surface area (Å²) in [5, 5.41) is 16.9. The second-order valence-corrected chi connectivity index (χ2v) is 6.25. The Balaban J connectivity index is 0.000000260. The molecule has 0 fully saturated rings. The molecule has 1 atom stereocenters. The molecule has 7 heteroatoms. The largest absolute Gasteiger partial charge is 0.497 e. The van der Waals surface area contributed by atoms with Crippen molar-refractivity contribution in [2.24, 2.45) is 5.73 Å². The minimum atomic E-state index is -1.26. The van der Waals surface area contributed by atoms with Crippen LogP contribution in [0.5, 0.6) is 5.75 Å². The van der Waals surface area contributed by atoms with Crippen molar-refractivity contribution in [1.82, 2.24) is 4.57 Å². The van der Waals surface area contributed by atoms with Gasteiger partial charge in [-0.05, 0) is 49.9 Å². The molecule has 7 nitrogen and oxygen atoms in total. The fourth-order valence-corrected chi connectivity index (χ4v) is 3.22. The number of hydrogen-bond donors (Lipinski definition) is 3. The maximum Gasteiger partial charge on any atom is 0.328 e. The number of nitrogens with two attached hydrogens (primary N) is 1. The molecule has 0 saturated heterocycles. The first-order valence-electron chi connectivity index (χ1n) is 8.41. The van der Waals surface area contributed by atoms with Gasteiger partial charge in [0.2, 0.25) is 0 Å². The van der Waals surface area contributed by atoms with E-state index in [2.05, 4.69) is 23.6 Å². The Bertz CT molecular complexity index is 820. The summed E-state index contributed by atoms with van der Waals surface area (Å²) in [6, 6.07) is 6.57. The number of aliphatic carboxylic acids is 2. The summed E-state index contributed by atoms with van der Waals surface area (Å²) >= 11 is 0. The van der Waals surface area contributed by atoms with Crippen LogP contribution >= 0.6 is 0 Å². The van der Waals surface area contributed by atoms with Gasteiger partial charge < -0.3 is 25.3 Å². The van der Waals surface area contributed by atoms with Gasteiger partial charge >= 0.3 is 11.9 Å². The Morgan fingerprint density at radius 1 is 1.31 bits per heavy atom. The Labute approximate surface area is 151 Å². The van der Waals surface area contributed by atoms with Gasteiger partial charge in [0.15, 0.2) is 0 Å². The number of ether oxygens (including phenoxy) is 1. The Kier molecular flexibility index (Phi) is 6.41. The summed E-state index contributed by atoms with van der Waals surface area (Å²) in [5.74, 6) is -1.59. The van der Waals surface area contributed by atoms with E-state index in [1.165, 1.54) is 35.0 Å². The van der Waals surface area contributed by atoms with Crippen molar-refractivity contribution in [1.29, 1.82) is 0 Å². The van der Waals surface area contributed by atoms with E-state index in [-0.39, 0.29) is 6.04 Å². The van der Waals surface area contributed by atoms with Gasteiger partial charge in [0.1, 0.15) is 5.75 Å². The first-order valence-corrected chi connectivity index (χ1v) is 8.41. The van der Waals surface area contributed by atoms with Crippen molar-refractivity contribution in [3.05, 3.63) is 41.6 Å². The quantitative estimate of drug-likeness (QED) is 0.704. The predicted molar refractivity (Wildman–Crippen MR) is 98.6 cm³/mol. The van der Waals surface area contributed by atoms with Gasteiger partial charge in [-0.3, -0.25) is 0 Å². The molecule has 3 rings (SSSR count). The minimum absolute atomic E-state index is 0.201. The Morgan fingerprint density at radius 2 is 1.96 bits per heavy atom.